The second kappa shape index (κ2) is 6.92. The van der Waals surface area contributed by atoms with Gasteiger partial charge in [-0.05, 0) is 43.3 Å². The average Bonchev–Trinajstić information content (AvgIpc) is 2.62. The van der Waals surface area contributed by atoms with E-state index in [4.69, 9.17) is 19.5 Å². The van der Waals surface area contributed by atoms with Crippen molar-refractivity contribution in [3.8, 4) is 23.3 Å². The highest BCUT2D eigenvalue weighted by molar-refractivity contribution is 5.94. The lowest BCUT2D eigenvalue weighted by Crippen LogP contribution is -2.30. The first kappa shape index (κ1) is 15.7. The SMILES string of the molecule is CC(Oc1ccc(C#N)cc1)C(=O)Nc1ccc2c(c1)OCCO2. The molecule has 0 aromatic heterocycles. The maximum absolute atomic E-state index is 12.2. The molecule has 0 fully saturated rings. The Balaban J connectivity index is 1.62. The highest BCUT2D eigenvalue weighted by atomic mass is 16.6. The molecule has 3 rings (SSSR count). The molecule has 0 radical (unpaired) electrons. The predicted molar refractivity (Wildman–Crippen MR) is 87.3 cm³/mol. The van der Waals surface area contributed by atoms with E-state index < -0.39 is 6.10 Å². The molecule has 1 aliphatic rings. The van der Waals surface area contributed by atoms with E-state index in [-0.39, 0.29) is 5.91 Å². The third-order valence-electron chi connectivity index (χ3n) is 3.48. The van der Waals surface area contributed by atoms with E-state index in [0.29, 0.717) is 41.7 Å². The minimum absolute atomic E-state index is 0.281. The Morgan fingerprint density at radius 2 is 1.88 bits per heavy atom. The minimum Gasteiger partial charge on any atom is -0.486 e. The fourth-order valence-electron chi connectivity index (χ4n) is 2.23. The van der Waals surface area contributed by atoms with Crippen molar-refractivity contribution in [2.45, 2.75) is 13.0 Å². The number of amides is 1. The van der Waals surface area contributed by atoms with Crippen LogP contribution in [0.3, 0.4) is 0 Å². The first-order valence-electron chi connectivity index (χ1n) is 7.53. The summed E-state index contributed by atoms with van der Waals surface area (Å²) in [6, 6.07) is 13.9. The van der Waals surface area contributed by atoms with E-state index in [0.717, 1.165) is 0 Å². The second-order valence-electron chi connectivity index (χ2n) is 5.24. The number of ether oxygens (including phenoxy) is 3. The molecule has 1 unspecified atom stereocenters. The van der Waals surface area contributed by atoms with Crippen LogP contribution in [-0.4, -0.2) is 25.2 Å². The van der Waals surface area contributed by atoms with Gasteiger partial charge in [0, 0.05) is 11.8 Å². The van der Waals surface area contributed by atoms with Crippen molar-refractivity contribution in [2.75, 3.05) is 18.5 Å². The number of anilines is 1. The third-order valence-corrected chi connectivity index (χ3v) is 3.48. The molecular weight excluding hydrogens is 308 g/mol. The van der Waals surface area contributed by atoms with Crippen molar-refractivity contribution in [1.29, 1.82) is 5.26 Å². The molecule has 1 heterocycles. The smallest absolute Gasteiger partial charge is 0.265 e. The molecular formula is C18H16N2O4. The van der Waals surface area contributed by atoms with Crippen molar-refractivity contribution in [3.05, 3.63) is 48.0 Å². The van der Waals surface area contributed by atoms with E-state index in [2.05, 4.69) is 5.32 Å². The number of nitrogens with zero attached hydrogens (tertiary/aromatic N) is 1. The van der Waals surface area contributed by atoms with Gasteiger partial charge >= 0.3 is 0 Å². The van der Waals surface area contributed by atoms with E-state index in [9.17, 15) is 4.79 Å². The Bertz CT molecular complexity index is 781. The second-order valence-corrected chi connectivity index (χ2v) is 5.24. The van der Waals surface area contributed by atoms with Crippen LogP contribution in [0.2, 0.25) is 0 Å². The molecule has 0 aliphatic carbocycles. The topological polar surface area (TPSA) is 80.6 Å². The van der Waals surface area contributed by atoms with Crippen LogP contribution < -0.4 is 19.5 Å². The Morgan fingerprint density at radius 3 is 2.58 bits per heavy atom. The van der Waals surface area contributed by atoms with Gasteiger partial charge in [0.15, 0.2) is 17.6 Å². The molecule has 1 atom stereocenters. The number of rotatable bonds is 4. The number of hydrogen-bond acceptors (Lipinski definition) is 5. The normalized spacial score (nSPS) is 13.5. The maximum Gasteiger partial charge on any atom is 0.265 e. The fourth-order valence-corrected chi connectivity index (χ4v) is 2.23. The summed E-state index contributed by atoms with van der Waals surface area (Å²) in [5.74, 6) is 1.52. The van der Waals surface area contributed by atoms with Crippen LogP contribution in [0.1, 0.15) is 12.5 Å². The van der Waals surface area contributed by atoms with Crippen LogP contribution in [0.4, 0.5) is 5.69 Å². The van der Waals surface area contributed by atoms with Gasteiger partial charge in [0.1, 0.15) is 19.0 Å². The van der Waals surface area contributed by atoms with Gasteiger partial charge in [0.05, 0.1) is 11.6 Å². The highest BCUT2D eigenvalue weighted by Gasteiger charge is 2.17. The molecule has 1 amide bonds. The monoisotopic (exact) mass is 324 g/mol. The van der Waals surface area contributed by atoms with Crippen molar-refractivity contribution in [2.24, 2.45) is 0 Å². The number of nitriles is 1. The largest absolute Gasteiger partial charge is 0.486 e. The van der Waals surface area contributed by atoms with Gasteiger partial charge in [0.2, 0.25) is 0 Å². The van der Waals surface area contributed by atoms with Gasteiger partial charge in [-0.25, -0.2) is 0 Å². The molecule has 6 nitrogen and oxygen atoms in total. The summed E-state index contributed by atoms with van der Waals surface area (Å²) in [4.78, 5) is 12.2. The van der Waals surface area contributed by atoms with Crippen LogP contribution >= 0.6 is 0 Å². The van der Waals surface area contributed by atoms with E-state index in [1.54, 1.807) is 49.4 Å². The first-order valence-corrected chi connectivity index (χ1v) is 7.53. The van der Waals surface area contributed by atoms with Crippen molar-refractivity contribution in [3.63, 3.8) is 0 Å². The minimum atomic E-state index is -0.689. The molecule has 122 valence electrons. The summed E-state index contributed by atoms with van der Waals surface area (Å²) in [7, 11) is 0. The Morgan fingerprint density at radius 1 is 1.17 bits per heavy atom. The van der Waals surface area contributed by atoms with Gasteiger partial charge in [-0.15, -0.1) is 0 Å². The fraction of sp³-hybridized carbons (Fsp3) is 0.222. The van der Waals surface area contributed by atoms with E-state index in [1.807, 2.05) is 6.07 Å². The molecule has 2 aromatic rings. The predicted octanol–water partition coefficient (Wildman–Crippen LogP) is 2.74. The van der Waals surface area contributed by atoms with Gasteiger partial charge in [-0.1, -0.05) is 0 Å². The number of hydrogen-bond donors (Lipinski definition) is 1. The van der Waals surface area contributed by atoms with Crippen LogP contribution in [0.15, 0.2) is 42.5 Å². The summed E-state index contributed by atoms with van der Waals surface area (Å²) in [6.45, 7) is 2.67. The maximum atomic E-state index is 12.2. The summed E-state index contributed by atoms with van der Waals surface area (Å²) in [6.07, 6.45) is -0.689. The lowest BCUT2D eigenvalue weighted by atomic mass is 10.2. The van der Waals surface area contributed by atoms with Crippen molar-refractivity contribution < 1.29 is 19.0 Å². The van der Waals surface area contributed by atoms with Gasteiger partial charge in [-0.3, -0.25) is 4.79 Å². The molecule has 2 aromatic carbocycles. The number of nitrogens with one attached hydrogen (secondary N) is 1. The first-order chi connectivity index (χ1) is 11.7. The van der Waals surface area contributed by atoms with Gasteiger partial charge in [-0.2, -0.15) is 5.26 Å². The zero-order valence-corrected chi connectivity index (χ0v) is 13.1. The number of benzene rings is 2. The average molecular weight is 324 g/mol. The lowest BCUT2D eigenvalue weighted by molar-refractivity contribution is -0.122. The number of carbonyl (C=O) groups excluding carboxylic acids is 1. The Kier molecular flexibility index (Phi) is 4.52. The summed E-state index contributed by atoms with van der Waals surface area (Å²) >= 11 is 0. The summed E-state index contributed by atoms with van der Waals surface area (Å²) in [5.41, 5.74) is 1.15. The van der Waals surface area contributed by atoms with Crippen LogP contribution in [0, 0.1) is 11.3 Å². The van der Waals surface area contributed by atoms with Crippen LogP contribution in [0.5, 0.6) is 17.2 Å². The zero-order valence-electron chi connectivity index (χ0n) is 13.1. The van der Waals surface area contributed by atoms with Gasteiger partial charge in [0.25, 0.3) is 5.91 Å². The molecule has 1 aliphatic heterocycles. The van der Waals surface area contributed by atoms with Crippen LogP contribution in [0.25, 0.3) is 0 Å². The van der Waals surface area contributed by atoms with Gasteiger partial charge < -0.3 is 19.5 Å². The van der Waals surface area contributed by atoms with Crippen molar-refractivity contribution >= 4 is 11.6 Å². The standard InChI is InChI=1S/C18H16N2O4/c1-12(24-15-5-2-13(11-19)3-6-15)18(21)20-14-4-7-16-17(10-14)23-9-8-22-16/h2-7,10,12H,8-9H2,1H3,(H,20,21). The highest BCUT2D eigenvalue weighted by Crippen LogP contribution is 2.32. The molecule has 0 saturated heterocycles. The quantitative estimate of drug-likeness (QED) is 0.935. The van der Waals surface area contributed by atoms with Crippen molar-refractivity contribution in [1.82, 2.24) is 0 Å². The number of carbonyl (C=O) groups is 1. The molecule has 6 heteroatoms. The Hall–Kier alpha value is -3.20. The summed E-state index contributed by atoms with van der Waals surface area (Å²) < 4.78 is 16.5. The van der Waals surface area contributed by atoms with Crippen LogP contribution in [-0.2, 0) is 4.79 Å². The third kappa shape index (κ3) is 3.58. The van der Waals surface area contributed by atoms with E-state index in [1.165, 1.54) is 0 Å². The molecule has 0 spiro atoms. The molecule has 1 N–H and O–H groups in total. The number of fused-ring (bicyclic) bond motifs is 1. The Labute approximate surface area is 139 Å². The van der Waals surface area contributed by atoms with E-state index >= 15 is 0 Å². The molecule has 0 bridgehead atoms. The zero-order chi connectivity index (χ0) is 16.9. The molecule has 24 heavy (non-hydrogen) atoms. The lowest BCUT2D eigenvalue weighted by Gasteiger charge is -2.19. The summed E-state index contributed by atoms with van der Waals surface area (Å²) in [5, 5.41) is 11.6. The molecule has 0 saturated carbocycles.